The standard InChI is InChI=1S/C27H27FN4O2S/c1-18-9-12-21(15-23(18)28)32-26(34)22-7-5-6-8-24(22)29-27(32)35-17-25(33)31(4)16-19-10-13-20(14-11-19)30(2)3/h5-15H,16-17H2,1-4H3. The molecule has 4 aromatic rings. The molecule has 0 saturated carbocycles. The number of rotatable bonds is 7. The first-order chi connectivity index (χ1) is 16.7. The van der Waals surface area contributed by atoms with E-state index in [1.54, 1.807) is 55.3 Å². The number of benzene rings is 3. The summed E-state index contributed by atoms with van der Waals surface area (Å²) in [4.78, 5) is 34.5. The largest absolute Gasteiger partial charge is 0.378 e. The molecule has 0 aliphatic carbocycles. The van der Waals surface area contributed by atoms with E-state index in [1.807, 2.05) is 43.3 Å². The monoisotopic (exact) mass is 490 g/mol. The second-order valence-corrected chi connectivity index (χ2v) is 9.53. The first-order valence-corrected chi connectivity index (χ1v) is 12.1. The fourth-order valence-corrected chi connectivity index (χ4v) is 4.61. The van der Waals surface area contributed by atoms with Crippen molar-refractivity contribution in [3.8, 4) is 5.69 Å². The third-order valence-corrected chi connectivity index (χ3v) is 6.70. The molecule has 6 nitrogen and oxygen atoms in total. The number of aryl methyl sites for hydroxylation is 1. The van der Waals surface area contributed by atoms with E-state index < -0.39 is 5.82 Å². The maximum atomic E-state index is 14.3. The number of para-hydroxylation sites is 1. The summed E-state index contributed by atoms with van der Waals surface area (Å²) in [6, 6.07) is 19.7. The van der Waals surface area contributed by atoms with Gasteiger partial charge in [-0.3, -0.25) is 14.2 Å². The van der Waals surface area contributed by atoms with Crippen molar-refractivity contribution in [2.45, 2.75) is 18.6 Å². The molecule has 0 aliphatic heterocycles. The Morgan fingerprint density at radius 1 is 1.03 bits per heavy atom. The van der Waals surface area contributed by atoms with Crippen LogP contribution in [0.3, 0.4) is 0 Å². The van der Waals surface area contributed by atoms with Gasteiger partial charge >= 0.3 is 0 Å². The SMILES string of the molecule is Cc1ccc(-n2c(SCC(=O)N(C)Cc3ccc(N(C)C)cc3)nc3ccccc3c2=O)cc1F. The number of thioether (sulfide) groups is 1. The molecule has 0 atom stereocenters. The second kappa shape index (κ2) is 10.3. The highest BCUT2D eigenvalue weighted by molar-refractivity contribution is 7.99. The average Bonchev–Trinajstić information content (AvgIpc) is 2.84. The first kappa shape index (κ1) is 24.5. The molecule has 0 spiro atoms. The topological polar surface area (TPSA) is 58.4 Å². The lowest BCUT2D eigenvalue weighted by Gasteiger charge is -2.19. The third kappa shape index (κ3) is 5.38. The van der Waals surface area contributed by atoms with E-state index in [0.29, 0.717) is 33.9 Å². The maximum Gasteiger partial charge on any atom is 0.266 e. The van der Waals surface area contributed by atoms with Crippen LogP contribution in [0.25, 0.3) is 16.6 Å². The van der Waals surface area contributed by atoms with Crippen molar-refractivity contribution in [3.05, 3.63) is 94.0 Å². The molecule has 8 heteroatoms. The van der Waals surface area contributed by atoms with Crippen molar-refractivity contribution in [1.82, 2.24) is 14.5 Å². The van der Waals surface area contributed by atoms with Crippen LogP contribution in [0.4, 0.5) is 10.1 Å². The highest BCUT2D eigenvalue weighted by Gasteiger charge is 2.17. The Bertz CT molecular complexity index is 1430. The van der Waals surface area contributed by atoms with Gasteiger partial charge in [-0.15, -0.1) is 0 Å². The van der Waals surface area contributed by atoms with Crippen LogP contribution in [-0.4, -0.2) is 47.3 Å². The highest BCUT2D eigenvalue weighted by atomic mass is 32.2. The van der Waals surface area contributed by atoms with Gasteiger partial charge in [0.2, 0.25) is 5.91 Å². The quantitative estimate of drug-likeness (QED) is 0.279. The fraction of sp³-hybridized carbons (Fsp3) is 0.222. The van der Waals surface area contributed by atoms with Crippen LogP contribution in [0.2, 0.25) is 0 Å². The van der Waals surface area contributed by atoms with Crippen molar-refractivity contribution in [2.24, 2.45) is 0 Å². The number of aromatic nitrogens is 2. The van der Waals surface area contributed by atoms with Gasteiger partial charge in [0, 0.05) is 33.4 Å². The van der Waals surface area contributed by atoms with Gasteiger partial charge in [0.25, 0.3) is 5.56 Å². The lowest BCUT2D eigenvalue weighted by molar-refractivity contribution is -0.127. The molecule has 180 valence electrons. The van der Waals surface area contributed by atoms with Gasteiger partial charge in [-0.25, -0.2) is 9.37 Å². The molecule has 0 N–H and O–H groups in total. The summed E-state index contributed by atoms with van der Waals surface area (Å²) < 4.78 is 15.7. The van der Waals surface area contributed by atoms with E-state index in [-0.39, 0.29) is 17.2 Å². The van der Waals surface area contributed by atoms with Gasteiger partial charge in [-0.2, -0.15) is 0 Å². The summed E-state index contributed by atoms with van der Waals surface area (Å²) in [5.74, 6) is -0.420. The van der Waals surface area contributed by atoms with E-state index in [4.69, 9.17) is 0 Å². The van der Waals surface area contributed by atoms with Crippen LogP contribution in [-0.2, 0) is 11.3 Å². The highest BCUT2D eigenvalue weighted by Crippen LogP contribution is 2.23. The zero-order valence-corrected chi connectivity index (χ0v) is 21.0. The van der Waals surface area contributed by atoms with Crippen LogP contribution in [0, 0.1) is 12.7 Å². The van der Waals surface area contributed by atoms with Gasteiger partial charge in [0.15, 0.2) is 5.16 Å². The molecule has 1 amide bonds. The van der Waals surface area contributed by atoms with Crippen molar-refractivity contribution in [1.29, 1.82) is 0 Å². The summed E-state index contributed by atoms with van der Waals surface area (Å²) in [7, 11) is 5.71. The molecule has 1 heterocycles. The van der Waals surface area contributed by atoms with E-state index in [1.165, 1.54) is 22.4 Å². The summed E-state index contributed by atoms with van der Waals surface area (Å²) in [5.41, 5.74) is 3.20. The zero-order chi connectivity index (χ0) is 25.1. The number of fused-ring (bicyclic) bond motifs is 1. The second-order valence-electron chi connectivity index (χ2n) is 8.58. The van der Waals surface area contributed by atoms with Gasteiger partial charge in [-0.1, -0.05) is 42.1 Å². The number of nitrogens with zero attached hydrogens (tertiary/aromatic N) is 4. The maximum absolute atomic E-state index is 14.3. The molecule has 0 bridgehead atoms. The van der Waals surface area contributed by atoms with Gasteiger partial charge in [0.05, 0.1) is 22.3 Å². The number of hydrogen-bond acceptors (Lipinski definition) is 5. The lowest BCUT2D eigenvalue weighted by Crippen LogP contribution is -2.28. The van der Waals surface area contributed by atoms with Crippen molar-refractivity contribution in [3.63, 3.8) is 0 Å². The van der Waals surface area contributed by atoms with E-state index in [2.05, 4.69) is 4.98 Å². The summed E-state index contributed by atoms with van der Waals surface area (Å²) in [6.45, 7) is 2.13. The molecule has 4 rings (SSSR count). The van der Waals surface area contributed by atoms with E-state index >= 15 is 0 Å². The van der Waals surface area contributed by atoms with Gasteiger partial charge in [-0.05, 0) is 54.4 Å². The molecular weight excluding hydrogens is 463 g/mol. The minimum atomic E-state index is -0.408. The van der Waals surface area contributed by atoms with Crippen molar-refractivity contribution >= 4 is 34.3 Å². The molecular formula is C27H27FN4O2S. The Kier molecular flexibility index (Phi) is 7.21. The Morgan fingerprint density at radius 3 is 2.43 bits per heavy atom. The Labute approximate surface area is 208 Å². The minimum Gasteiger partial charge on any atom is -0.378 e. The normalized spacial score (nSPS) is 11.0. The number of carbonyl (C=O) groups excluding carboxylic acids is 1. The summed E-state index contributed by atoms with van der Waals surface area (Å²) >= 11 is 1.17. The number of hydrogen-bond donors (Lipinski definition) is 0. The number of halogens is 1. The van der Waals surface area contributed by atoms with E-state index in [9.17, 15) is 14.0 Å². The van der Waals surface area contributed by atoms with Gasteiger partial charge < -0.3 is 9.80 Å². The fourth-order valence-electron chi connectivity index (χ4n) is 3.66. The Hall–Kier alpha value is -3.65. The molecule has 0 aliphatic rings. The molecule has 0 unspecified atom stereocenters. The minimum absolute atomic E-state index is 0.0887. The van der Waals surface area contributed by atoms with E-state index in [0.717, 1.165) is 11.3 Å². The first-order valence-electron chi connectivity index (χ1n) is 11.2. The lowest BCUT2D eigenvalue weighted by atomic mass is 10.2. The average molecular weight is 491 g/mol. The van der Waals surface area contributed by atoms with Crippen LogP contribution >= 0.6 is 11.8 Å². The molecule has 1 aromatic heterocycles. The van der Waals surface area contributed by atoms with Crippen LogP contribution in [0.5, 0.6) is 0 Å². The number of anilines is 1. The van der Waals surface area contributed by atoms with Crippen LogP contribution in [0.15, 0.2) is 76.7 Å². The summed E-state index contributed by atoms with van der Waals surface area (Å²) in [5, 5.41) is 0.775. The Balaban J connectivity index is 1.59. The summed E-state index contributed by atoms with van der Waals surface area (Å²) in [6.07, 6.45) is 0. The van der Waals surface area contributed by atoms with Crippen LogP contribution < -0.4 is 10.5 Å². The Morgan fingerprint density at radius 2 is 1.74 bits per heavy atom. The van der Waals surface area contributed by atoms with Crippen LogP contribution in [0.1, 0.15) is 11.1 Å². The zero-order valence-electron chi connectivity index (χ0n) is 20.2. The molecule has 3 aromatic carbocycles. The van der Waals surface area contributed by atoms with Crippen molar-refractivity contribution < 1.29 is 9.18 Å². The third-order valence-electron chi connectivity index (χ3n) is 5.78. The number of carbonyl (C=O) groups is 1. The smallest absolute Gasteiger partial charge is 0.266 e. The predicted octanol–water partition coefficient (Wildman–Crippen LogP) is 4.65. The molecule has 0 fully saturated rings. The predicted molar refractivity (Wildman–Crippen MR) is 140 cm³/mol. The number of amides is 1. The molecule has 0 radical (unpaired) electrons. The van der Waals surface area contributed by atoms with Gasteiger partial charge in [0.1, 0.15) is 5.82 Å². The molecule has 0 saturated heterocycles. The molecule has 35 heavy (non-hydrogen) atoms. The van der Waals surface area contributed by atoms with Crippen molar-refractivity contribution in [2.75, 3.05) is 31.8 Å².